The molecule has 20 heavy (non-hydrogen) atoms. The van der Waals surface area contributed by atoms with Gasteiger partial charge in [0.1, 0.15) is 11.5 Å². The van der Waals surface area contributed by atoms with Gasteiger partial charge in [0.05, 0.1) is 6.61 Å². The average molecular weight is 272 g/mol. The standard InChI is InChI=1S/C17H20O2.CH4/c1-2-3-7-12-19-17-13-15(18)10-11-16(17)14-8-5-4-6-9-14;/h4-6,8-11,13,18H,2-3,7,12H2,1H3;1H4. The smallest absolute Gasteiger partial charge is 0.130 e. The number of phenolic OH excluding ortho intramolecular Hbond substituents is 1. The van der Waals surface area contributed by atoms with Crippen LogP contribution in [0.2, 0.25) is 0 Å². The Balaban J connectivity index is 0.00000200. The average Bonchev–Trinajstić information content (AvgIpc) is 2.45. The molecule has 0 unspecified atom stereocenters. The molecule has 0 radical (unpaired) electrons. The van der Waals surface area contributed by atoms with Crippen LogP contribution < -0.4 is 4.74 Å². The van der Waals surface area contributed by atoms with Crippen LogP contribution in [-0.4, -0.2) is 11.7 Å². The van der Waals surface area contributed by atoms with Crippen LogP contribution >= 0.6 is 0 Å². The summed E-state index contributed by atoms with van der Waals surface area (Å²) in [6.07, 6.45) is 3.38. The Labute approximate surface area is 122 Å². The van der Waals surface area contributed by atoms with Crippen molar-refractivity contribution < 1.29 is 9.84 Å². The molecule has 0 aromatic heterocycles. The van der Waals surface area contributed by atoms with E-state index in [9.17, 15) is 5.11 Å². The van der Waals surface area contributed by atoms with Crippen LogP contribution in [-0.2, 0) is 0 Å². The quantitative estimate of drug-likeness (QED) is 0.726. The molecule has 1 N–H and O–H groups in total. The predicted octanol–water partition coefficient (Wildman–Crippen LogP) is 5.26. The molecule has 0 bridgehead atoms. The highest BCUT2D eigenvalue weighted by Gasteiger charge is 2.07. The molecular formula is C18H24O2. The second-order valence-electron chi connectivity index (χ2n) is 4.60. The van der Waals surface area contributed by atoms with Crippen molar-refractivity contribution in [2.75, 3.05) is 6.61 Å². The first kappa shape index (κ1) is 16.1. The third-order valence-corrected chi connectivity index (χ3v) is 3.06. The molecule has 0 aliphatic rings. The molecule has 2 heteroatoms. The predicted molar refractivity (Wildman–Crippen MR) is 85.3 cm³/mol. The van der Waals surface area contributed by atoms with Gasteiger partial charge in [0.25, 0.3) is 0 Å². The number of hydrogen-bond acceptors (Lipinski definition) is 2. The molecule has 0 amide bonds. The zero-order valence-corrected chi connectivity index (χ0v) is 11.3. The van der Waals surface area contributed by atoms with E-state index < -0.39 is 0 Å². The Morgan fingerprint density at radius 2 is 1.75 bits per heavy atom. The third kappa shape index (κ3) is 4.30. The van der Waals surface area contributed by atoms with Gasteiger partial charge in [-0.25, -0.2) is 0 Å². The summed E-state index contributed by atoms with van der Waals surface area (Å²) < 4.78 is 5.81. The van der Waals surface area contributed by atoms with Gasteiger partial charge in [0.15, 0.2) is 0 Å². The largest absolute Gasteiger partial charge is 0.508 e. The van der Waals surface area contributed by atoms with Crippen LogP contribution in [0.4, 0.5) is 0 Å². The Bertz CT molecular complexity index is 506. The van der Waals surface area contributed by atoms with E-state index in [4.69, 9.17) is 4.74 Å². The van der Waals surface area contributed by atoms with Crippen molar-refractivity contribution in [1.82, 2.24) is 0 Å². The number of aromatic hydroxyl groups is 1. The van der Waals surface area contributed by atoms with Gasteiger partial charge < -0.3 is 9.84 Å². The van der Waals surface area contributed by atoms with Gasteiger partial charge in [-0.2, -0.15) is 0 Å². The number of unbranched alkanes of at least 4 members (excludes halogenated alkanes) is 2. The van der Waals surface area contributed by atoms with E-state index in [-0.39, 0.29) is 13.2 Å². The summed E-state index contributed by atoms with van der Waals surface area (Å²) in [4.78, 5) is 0. The lowest BCUT2D eigenvalue weighted by molar-refractivity contribution is 0.306. The maximum absolute atomic E-state index is 9.61. The number of benzene rings is 2. The highest BCUT2D eigenvalue weighted by atomic mass is 16.5. The highest BCUT2D eigenvalue weighted by Crippen LogP contribution is 2.33. The lowest BCUT2D eigenvalue weighted by Crippen LogP contribution is -1.98. The molecule has 2 aromatic carbocycles. The molecule has 0 aliphatic carbocycles. The van der Waals surface area contributed by atoms with Crippen LogP contribution in [0.1, 0.15) is 33.6 Å². The second-order valence-corrected chi connectivity index (χ2v) is 4.60. The van der Waals surface area contributed by atoms with Crippen molar-refractivity contribution in [2.24, 2.45) is 0 Å². The zero-order valence-electron chi connectivity index (χ0n) is 11.3. The van der Waals surface area contributed by atoms with Crippen molar-refractivity contribution in [3.8, 4) is 22.6 Å². The molecular weight excluding hydrogens is 248 g/mol. The fraction of sp³-hybridized carbons (Fsp3) is 0.333. The topological polar surface area (TPSA) is 29.5 Å². The lowest BCUT2D eigenvalue weighted by Gasteiger charge is -2.12. The first-order valence-electron chi connectivity index (χ1n) is 6.82. The zero-order chi connectivity index (χ0) is 13.5. The van der Waals surface area contributed by atoms with Crippen LogP contribution in [0.5, 0.6) is 11.5 Å². The monoisotopic (exact) mass is 272 g/mol. The van der Waals surface area contributed by atoms with E-state index in [1.807, 2.05) is 36.4 Å². The van der Waals surface area contributed by atoms with Crippen LogP contribution in [0.15, 0.2) is 48.5 Å². The van der Waals surface area contributed by atoms with Gasteiger partial charge in [-0.1, -0.05) is 57.5 Å². The minimum atomic E-state index is 0. The normalized spacial score (nSPS) is 9.85. The fourth-order valence-corrected chi connectivity index (χ4v) is 2.02. The molecule has 2 rings (SSSR count). The van der Waals surface area contributed by atoms with E-state index >= 15 is 0 Å². The number of phenols is 1. The highest BCUT2D eigenvalue weighted by molar-refractivity contribution is 5.71. The minimum absolute atomic E-state index is 0. The van der Waals surface area contributed by atoms with E-state index in [0.29, 0.717) is 6.61 Å². The summed E-state index contributed by atoms with van der Waals surface area (Å²) in [5.41, 5.74) is 2.13. The Kier molecular flexibility index (Phi) is 6.65. The van der Waals surface area contributed by atoms with E-state index in [2.05, 4.69) is 6.92 Å². The maximum Gasteiger partial charge on any atom is 0.130 e. The van der Waals surface area contributed by atoms with Gasteiger partial charge >= 0.3 is 0 Å². The second kappa shape index (κ2) is 8.26. The SMILES string of the molecule is C.CCCCCOc1cc(O)ccc1-c1ccccc1. The summed E-state index contributed by atoms with van der Waals surface area (Å²) in [6, 6.07) is 15.4. The van der Waals surface area contributed by atoms with E-state index in [1.165, 1.54) is 12.8 Å². The molecule has 2 aromatic rings. The van der Waals surface area contributed by atoms with Crippen LogP contribution in [0.25, 0.3) is 11.1 Å². The van der Waals surface area contributed by atoms with Gasteiger partial charge in [0, 0.05) is 11.6 Å². The summed E-state index contributed by atoms with van der Waals surface area (Å²) in [6.45, 7) is 2.86. The van der Waals surface area contributed by atoms with Gasteiger partial charge in [-0.05, 0) is 24.1 Å². The summed E-state index contributed by atoms with van der Waals surface area (Å²) >= 11 is 0. The molecule has 0 heterocycles. The molecule has 0 spiro atoms. The Morgan fingerprint density at radius 1 is 1.00 bits per heavy atom. The van der Waals surface area contributed by atoms with Gasteiger partial charge in [-0.3, -0.25) is 0 Å². The Morgan fingerprint density at radius 3 is 2.45 bits per heavy atom. The van der Waals surface area contributed by atoms with Crippen molar-refractivity contribution in [2.45, 2.75) is 33.6 Å². The van der Waals surface area contributed by atoms with E-state index in [0.717, 1.165) is 23.3 Å². The molecule has 0 saturated heterocycles. The first-order chi connectivity index (χ1) is 9.31. The summed E-state index contributed by atoms with van der Waals surface area (Å²) in [7, 11) is 0. The van der Waals surface area contributed by atoms with Crippen molar-refractivity contribution >= 4 is 0 Å². The van der Waals surface area contributed by atoms with E-state index in [1.54, 1.807) is 12.1 Å². The first-order valence-corrected chi connectivity index (χ1v) is 6.82. The maximum atomic E-state index is 9.61. The Hall–Kier alpha value is -1.96. The summed E-state index contributed by atoms with van der Waals surface area (Å²) in [5.74, 6) is 0.993. The molecule has 0 atom stereocenters. The minimum Gasteiger partial charge on any atom is -0.508 e. The lowest BCUT2D eigenvalue weighted by atomic mass is 10.0. The number of rotatable bonds is 6. The van der Waals surface area contributed by atoms with Gasteiger partial charge in [-0.15, -0.1) is 0 Å². The molecule has 0 aliphatic heterocycles. The van der Waals surface area contributed by atoms with Crippen LogP contribution in [0, 0.1) is 0 Å². The van der Waals surface area contributed by atoms with Crippen LogP contribution in [0.3, 0.4) is 0 Å². The third-order valence-electron chi connectivity index (χ3n) is 3.06. The van der Waals surface area contributed by atoms with Crippen molar-refractivity contribution in [3.05, 3.63) is 48.5 Å². The molecule has 2 nitrogen and oxygen atoms in total. The van der Waals surface area contributed by atoms with Crippen molar-refractivity contribution in [3.63, 3.8) is 0 Å². The molecule has 108 valence electrons. The molecule has 0 saturated carbocycles. The fourth-order valence-electron chi connectivity index (χ4n) is 2.02. The number of ether oxygens (including phenoxy) is 1. The van der Waals surface area contributed by atoms with Gasteiger partial charge in [0.2, 0.25) is 0 Å². The molecule has 0 fully saturated rings. The number of hydrogen-bond donors (Lipinski definition) is 1. The summed E-state index contributed by atoms with van der Waals surface area (Å²) in [5, 5.41) is 9.61. The van der Waals surface area contributed by atoms with Crippen molar-refractivity contribution in [1.29, 1.82) is 0 Å².